The van der Waals surface area contributed by atoms with Crippen LogP contribution in [0.4, 0.5) is 5.95 Å². The monoisotopic (exact) mass is 228 g/mol. The lowest BCUT2D eigenvalue weighted by Crippen LogP contribution is -2.35. The Morgan fingerprint density at radius 2 is 1.62 bits per heavy atom. The fourth-order valence-electron chi connectivity index (χ4n) is 0.919. The predicted octanol–water partition coefficient (Wildman–Crippen LogP) is 0.0716. The van der Waals surface area contributed by atoms with Crippen molar-refractivity contribution in [3.8, 4) is 12.0 Å². The van der Waals surface area contributed by atoms with E-state index in [9.17, 15) is 0 Å². The third kappa shape index (κ3) is 3.20. The maximum Gasteiger partial charge on any atom is 0.324 e. The molecule has 0 spiro atoms. The minimum absolute atomic E-state index is 0.0523. The first-order valence-electron chi connectivity index (χ1n) is 4.74. The van der Waals surface area contributed by atoms with Gasteiger partial charge in [-0.25, -0.2) is 0 Å². The molecular formula is C9H16N4O3. The molecule has 1 aromatic heterocycles. The highest BCUT2D eigenvalue weighted by Crippen LogP contribution is 2.15. The number of rotatable bonds is 5. The molecule has 16 heavy (non-hydrogen) atoms. The molecule has 0 bridgehead atoms. The van der Waals surface area contributed by atoms with E-state index < -0.39 is 5.54 Å². The van der Waals surface area contributed by atoms with Gasteiger partial charge in [-0.2, -0.15) is 9.97 Å². The summed E-state index contributed by atoms with van der Waals surface area (Å²) in [5, 5.41) is 12.1. The Bertz CT molecular complexity index is 334. The number of aliphatic hydroxyl groups is 1. The number of aromatic nitrogens is 3. The van der Waals surface area contributed by atoms with Crippen molar-refractivity contribution < 1.29 is 14.6 Å². The van der Waals surface area contributed by atoms with Crippen molar-refractivity contribution in [3.05, 3.63) is 0 Å². The van der Waals surface area contributed by atoms with Gasteiger partial charge < -0.3 is 19.9 Å². The van der Waals surface area contributed by atoms with Crippen LogP contribution in [0.15, 0.2) is 0 Å². The highest BCUT2D eigenvalue weighted by Gasteiger charge is 2.18. The first kappa shape index (κ1) is 12.4. The van der Waals surface area contributed by atoms with Crippen LogP contribution in [-0.4, -0.2) is 46.4 Å². The number of ether oxygens (including phenoxy) is 2. The van der Waals surface area contributed by atoms with Gasteiger partial charge in [-0.15, -0.1) is 4.98 Å². The molecule has 7 nitrogen and oxygen atoms in total. The molecule has 0 aliphatic rings. The molecule has 0 aliphatic carbocycles. The van der Waals surface area contributed by atoms with Gasteiger partial charge in [0.15, 0.2) is 0 Å². The number of nitrogens with zero attached hydrogens (tertiary/aromatic N) is 3. The molecule has 0 fully saturated rings. The first-order chi connectivity index (χ1) is 7.50. The molecule has 0 aromatic carbocycles. The molecule has 0 atom stereocenters. The maximum absolute atomic E-state index is 9.11. The Kier molecular flexibility index (Phi) is 3.83. The average molecular weight is 228 g/mol. The zero-order valence-electron chi connectivity index (χ0n) is 9.81. The standard InChI is InChI=1S/C9H16N4O3/c1-9(2,5-14)13-6-10-7(15-3)12-8(11-6)16-4/h14H,5H2,1-4H3,(H,10,11,12,13). The lowest BCUT2D eigenvalue weighted by atomic mass is 10.1. The number of hydrogen-bond acceptors (Lipinski definition) is 7. The molecule has 1 rings (SSSR count). The summed E-state index contributed by atoms with van der Waals surface area (Å²) < 4.78 is 9.80. The lowest BCUT2D eigenvalue weighted by Gasteiger charge is -2.23. The molecule has 0 amide bonds. The van der Waals surface area contributed by atoms with E-state index in [-0.39, 0.29) is 18.6 Å². The van der Waals surface area contributed by atoms with Crippen LogP contribution < -0.4 is 14.8 Å². The van der Waals surface area contributed by atoms with Crippen molar-refractivity contribution in [1.29, 1.82) is 0 Å². The van der Waals surface area contributed by atoms with Crippen molar-refractivity contribution in [3.63, 3.8) is 0 Å². The molecular weight excluding hydrogens is 212 g/mol. The summed E-state index contributed by atoms with van der Waals surface area (Å²) in [6, 6.07) is 0.311. The van der Waals surface area contributed by atoms with Crippen molar-refractivity contribution in [2.45, 2.75) is 19.4 Å². The molecule has 7 heteroatoms. The highest BCUT2D eigenvalue weighted by atomic mass is 16.5. The van der Waals surface area contributed by atoms with Gasteiger partial charge in [0.25, 0.3) is 0 Å². The number of methoxy groups -OCH3 is 2. The second kappa shape index (κ2) is 4.93. The van der Waals surface area contributed by atoms with Gasteiger partial charge in [0.2, 0.25) is 5.95 Å². The van der Waals surface area contributed by atoms with Crippen LogP contribution in [-0.2, 0) is 0 Å². The molecule has 0 aliphatic heterocycles. The third-order valence-corrected chi connectivity index (χ3v) is 1.81. The number of hydrogen-bond donors (Lipinski definition) is 2. The predicted molar refractivity (Wildman–Crippen MR) is 57.7 cm³/mol. The Morgan fingerprint density at radius 1 is 1.12 bits per heavy atom. The van der Waals surface area contributed by atoms with Gasteiger partial charge in [0, 0.05) is 0 Å². The summed E-state index contributed by atoms with van der Waals surface area (Å²) in [7, 11) is 2.91. The zero-order chi connectivity index (χ0) is 12.2. The smallest absolute Gasteiger partial charge is 0.324 e. The maximum atomic E-state index is 9.11. The Hall–Kier alpha value is -1.63. The van der Waals surface area contributed by atoms with Crippen LogP contribution in [0.2, 0.25) is 0 Å². The molecule has 0 saturated heterocycles. The van der Waals surface area contributed by atoms with Crippen LogP contribution in [0.5, 0.6) is 12.0 Å². The number of nitrogens with one attached hydrogen (secondary N) is 1. The Morgan fingerprint density at radius 3 is 2.00 bits per heavy atom. The summed E-state index contributed by atoms with van der Waals surface area (Å²) >= 11 is 0. The Labute approximate surface area is 93.9 Å². The van der Waals surface area contributed by atoms with E-state index in [0.29, 0.717) is 5.95 Å². The number of anilines is 1. The van der Waals surface area contributed by atoms with Crippen LogP contribution >= 0.6 is 0 Å². The summed E-state index contributed by atoms with van der Waals surface area (Å²) in [6.45, 7) is 3.58. The topological polar surface area (TPSA) is 89.4 Å². The normalized spacial score (nSPS) is 11.1. The quantitative estimate of drug-likeness (QED) is 0.737. The van der Waals surface area contributed by atoms with Crippen molar-refractivity contribution in [2.24, 2.45) is 0 Å². The van der Waals surface area contributed by atoms with Crippen LogP contribution in [0, 0.1) is 0 Å². The third-order valence-electron chi connectivity index (χ3n) is 1.81. The molecule has 0 radical (unpaired) electrons. The van der Waals surface area contributed by atoms with Crippen molar-refractivity contribution in [2.75, 3.05) is 26.1 Å². The SMILES string of the molecule is COc1nc(NC(C)(C)CO)nc(OC)n1. The second-order valence-electron chi connectivity index (χ2n) is 3.80. The van der Waals surface area contributed by atoms with Gasteiger partial charge in [-0.3, -0.25) is 0 Å². The van der Waals surface area contributed by atoms with E-state index >= 15 is 0 Å². The zero-order valence-corrected chi connectivity index (χ0v) is 9.81. The van der Waals surface area contributed by atoms with E-state index in [4.69, 9.17) is 14.6 Å². The highest BCUT2D eigenvalue weighted by molar-refractivity contribution is 5.31. The largest absolute Gasteiger partial charge is 0.467 e. The van der Waals surface area contributed by atoms with Gasteiger partial charge in [-0.1, -0.05) is 0 Å². The minimum Gasteiger partial charge on any atom is -0.467 e. The molecule has 2 N–H and O–H groups in total. The van der Waals surface area contributed by atoms with Gasteiger partial charge in [0.05, 0.1) is 26.4 Å². The molecule has 0 saturated carbocycles. The molecule has 1 heterocycles. The van der Waals surface area contributed by atoms with Crippen molar-refractivity contribution in [1.82, 2.24) is 15.0 Å². The summed E-state index contributed by atoms with van der Waals surface area (Å²) in [5.41, 5.74) is -0.530. The average Bonchev–Trinajstić information content (AvgIpc) is 2.28. The van der Waals surface area contributed by atoms with Gasteiger partial charge >= 0.3 is 12.0 Å². The van der Waals surface area contributed by atoms with E-state index in [1.54, 1.807) is 0 Å². The Balaban J connectivity index is 2.95. The van der Waals surface area contributed by atoms with Crippen molar-refractivity contribution >= 4 is 5.95 Å². The van der Waals surface area contributed by atoms with E-state index in [1.807, 2.05) is 13.8 Å². The summed E-state index contributed by atoms with van der Waals surface area (Å²) in [4.78, 5) is 11.8. The number of aliphatic hydroxyl groups excluding tert-OH is 1. The van der Waals surface area contributed by atoms with E-state index in [1.165, 1.54) is 14.2 Å². The van der Waals surface area contributed by atoms with Gasteiger partial charge in [0.1, 0.15) is 0 Å². The van der Waals surface area contributed by atoms with E-state index in [0.717, 1.165) is 0 Å². The molecule has 90 valence electrons. The molecule has 0 unspecified atom stereocenters. The molecule has 1 aromatic rings. The second-order valence-corrected chi connectivity index (χ2v) is 3.80. The first-order valence-corrected chi connectivity index (χ1v) is 4.74. The van der Waals surface area contributed by atoms with Gasteiger partial charge in [-0.05, 0) is 13.8 Å². The fraction of sp³-hybridized carbons (Fsp3) is 0.667. The van der Waals surface area contributed by atoms with E-state index in [2.05, 4.69) is 20.3 Å². The lowest BCUT2D eigenvalue weighted by molar-refractivity contribution is 0.233. The minimum atomic E-state index is -0.530. The fourth-order valence-corrected chi connectivity index (χ4v) is 0.919. The van der Waals surface area contributed by atoms with Crippen LogP contribution in [0.1, 0.15) is 13.8 Å². The summed E-state index contributed by atoms with van der Waals surface area (Å²) in [5.74, 6) is 0.294. The van der Waals surface area contributed by atoms with Crippen LogP contribution in [0.25, 0.3) is 0 Å². The van der Waals surface area contributed by atoms with Crippen LogP contribution in [0.3, 0.4) is 0 Å². The summed E-state index contributed by atoms with van der Waals surface area (Å²) in [6.07, 6.45) is 0.